The van der Waals surface area contributed by atoms with Gasteiger partial charge in [0.15, 0.2) is 5.01 Å². The minimum absolute atomic E-state index is 0.101. The van der Waals surface area contributed by atoms with Gasteiger partial charge in [-0.25, -0.2) is 4.98 Å². The molecule has 0 bridgehead atoms. The molecule has 0 saturated heterocycles. The van der Waals surface area contributed by atoms with Gasteiger partial charge in [0.1, 0.15) is 5.76 Å². The number of benzene rings is 1. The number of aryl methyl sites for hydroxylation is 1. The van der Waals surface area contributed by atoms with Crippen LogP contribution in [-0.2, 0) is 20.1 Å². The van der Waals surface area contributed by atoms with Gasteiger partial charge in [0.2, 0.25) is 0 Å². The van der Waals surface area contributed by atoms with Gasteiger partial charge >= 0.3 is 0 Å². The van der Waals surface area contributed by atoms with E-state index in [1.54, 1.807) is 11.2 Å². The average molecular weight is 392 g/mol. The van der Waals surface area contributed by atoms with Gasteiger partial charge in [-0.3, -0.25) is 9.48 Å². The molecule has 4 aromatic rings. The van der Waals surface area contributed by atoms with Gasteiger partial charge in [-0.05, 0) is 43.2 Å². The third-order valence-corrected chi connectivity index (χ3v) is 6.03. The fourth-order valence-electron chi connectivity index (χ4n) is 3.47. The topological polar surface area (TPSA) is 64.2 Å². The number of nitrogens with zero attached hydrogens (tertiary/aromatic N) is 4. The van der Waals surface area contributed by atoms with E-state index in [1.165, 1.54) is 29.9 Å². The zero-order chi connectivity index (χ0) is 19.1. The molecule has 3 aromatic heterocycles. The van der Waals surface area contributed by atoms with E-state index in [4.69, 9.17) is 4.42 Å². The predicted molar refractivity (Wildman–Crippen MR) is 107 cm³/mol. The maximum absolute atomic E-state index is 13.3. The Balaban J connectivity index is 1.44. The van der Waals surface area contributed by atoms with Crippen molar-refractivity contribution in [2.45, 2.75) is 31.8 Å². The van der Waals surface area contributed by atoms with Crippen LogP contribution in [0, 0.1) is 0 Å². The Bertz CT molecular complexity index is 1090. The van der Waals surface area contributed by atoms with Crippen LogP contribution in [-0.4, -0.2) is 25.6 Å². The molecule has 0 unspecified atom stereocenters. The Morgan fingerprint density at radius 3 is 2.86 bits per heavy atom. The minimum atomic E-state index is -0.101. The molecule has 7 heteroatoms. The molecule has 1 aliphatic rings. The number of rotatable bonds is 6. The van der Waals surface area contributed by atoms with Crippen LogP contribution >= 0.6 is 11.3 Å². The van der Waals surface area contributed by atoms with Crippen LogP contribution in [0.1, 0.15) is 45.7 Å². The Morgan fingerprint density at radius 1 is 1.25 bits per heavy atom. The summed E-state index contributed by atoms with van der Waals surface area (Å²) in [6.07, 6.45) is 4.07. The van der Waals surface area contributed by atoms with Crippen LogP contribution < -0.4 is 0 Å². The van der Waals surface area contributed by atoms with Gasteiger partial charge in [-0.15, -0.1) is 11.3 Å². The van der Waals surface area contributed by atoms with Gasteiger partial charge in [-0.2, -0.15) is 5.10 Å². The van der Waals surface area contributed by atoms with Gasteiger partial charge in [0.05, 0.1) is 35.3 Å². The largest absolute Gasteiger partial charge is 0.467 e. The Labute approximate surface area is 166 Å². The second-order valence-electron chi connectivity index (χ2n) is 7.19. The summed E-state index contributed by atoms with van der Waals surface area (Å²) in [5.41, 5.74) is 2.99. The first-order chi connectivity index (χ1) is 13.7. The maximum Gasteiger partial charge on any atom is 0.283 e. The van der Waals surface area contributed by atoms with E-state index in [1.807, 2.05) is 48.1 Å². The van der Waals surface area contributed by atoms with E-state index in [0.717, 1.165) is 21.7 Å². The molecule has 3 heterocycles. The van der Waals surface area contributed by atoms with Crippen molar-refractivity contribution >= 4 is 27.5 Å². The van der Waals surface area contributed by atoms with Crippen LogP contribution in [0.5, 0.6) is 0 Å². The van der Waals surface area contributed by atoms with Crippen molar-refractivity contribution in [3.63, 3.8) is 0 Å². The molecule has 0 radical (unpaired) electrons. The zero-order valence-corrected chi connectivity index (χ0v) is 16.4. The van der Waals surface area contributed by atoms with Crippen molar-refractivity contribution in [2.75, 3.05) is 0 Å². The quantitative estimate of drug-likeness (QED) is 0.490. The molecule has 0 aliphatic heterocycles. The third-order valence-electron chi connectivity index (χ3n) is 5.01. The summed E-state index contributed by atoms with van der Waals surface area (Å²) in [4.78, 5) is 19.6. The van der Waals surface area contributed by atoms with Gasteiger partial charge in [0, 0.05) is 18.7 Å². The van der Waals surface area contributed by atoms with Crippen LogP contribution in [0.4, 0.5) is 0 Å². The summed E-state index contributed by atoms with van der Waals surface area (Å²) in [5.74, 6) is 1.26. The van der Waals surface area contributed by atoms with Crippen LogP contribution in [0.15, 0.2) is 53.1 Å². The summed E-state index contributed by atoms with van der Waals surface area (Å²) in [6, 6.07) is 13.7. The standard InChI is InChI=1S/C21H20N4O2S/c1-24-18(14-8-9-14)11-15(23-24)12-25(13-16-5-4-10-27-16)21(26)20-22-17-6-2-3-7-19(17)28-20/h2-7,10-11,14H,8-9,12-13H2,1H3. The molecule has 1 aliphatic carbocycles. The summed E-state index contributed by atoms with van der Waals surface area (Å²) < 4.78 is 8.44. The van der Waals surface area contributed by atoms with E-state index in [9.17, 15) is 4.79 Å². The molecule has 0 N–H and O–H groups in total. The first-order valence-electron chi connectivity index (χ1n) is 9.37. The molecule has 5 rings (SSSR count). The number of furan rings is 1. The lowest BCUT2D eigenvalue weighted by Gasteiger charge is -2.19. The molecule has 1 saturated carbocycles. The fraction of sp³-hybridized carbons (Fsp3) is 0.286. The summed E-state index contributed by atoms with van der Waals surface area (Å²) >= 11 is 1.42. The molecule has 0 atom stereocenters. The molecule has 6 nitrogen and oxygen atoms in total. The molecule has 0 spiro atoms. The lowest BCUT2D eigenvalue weighted by molar-refractivity contribution is 0.0715. The lowest BCUT2D eigenvalue weighted by Crippen LogP contribution is -2.30. The molecular weight excluding hydrogens is 372 g/mol. The Hall–Kier alpha value is -2.93. The SMILES string of the molecule is Cn1nc(CN(Cc2ccco2)C(=O)c2nc3ccccc3s2)cc1C1CC1. The molecule has 1 aromatic carbocycles. The van der Waals surface area contributed by atoms with Crippen molar-refractivity contribution in [3.05, 3.63) is 70.9 Å². The summed E-state index contributed by atoms with van der Waals surface area (Å²) in [5, 5.41) is 5.13. The van der Waals surface area contributed by atoms with Crippen molar-refractivity contribution in [1.29, 1.82) is 0 Å². The van der Waals surface area contributed by atoms with Crippen molar-refractivity contribution < 1.29 is 9.21 Å². The van der Waals surface area contributed by atoms with E-state index in [-0.39, 0.29) is 5.91 Å². The summed E-state index contributed by atoms with van der Waals surface area (Å²) in [7, 11) is 1.98. The van der Waals surface area contributed by atoms with E-state index in [0.29, 0.717) is 24.0 Å². The molecule has 1 amide bonds. The molecular formula is C21H20N4O2S. The number of para-hydroxylation sites is 1. The van der Waals surface area contributed by atoms with E-state index >= 15 is 0 Å². The number of hydrogen-bond acceptors (Lipinski definition) is 5. The average Bonchev–Trinajstić information content (AvgIpc) is 3.08. The van der Waals surface area contributed by atoms with Crippen molar-refractivity contribution in [1.82, 2.24) is 19.7 Å². The van der Waals surface area contributed by atoms with E-state index < -0.39 is 0 Å². The minimum Gasteiger partial charge on any atom is -0.467 e. The monoisotopic (exact) mass is 392 g/mol. The van der Waals surface area contributed by atoms with Crippen molar-refractivity contribution in [3.8, 4) is 0 Å². The number of thiazole rings is 1. The second kappa shape index (κ2) is 6.91. The van der Waals surface area contributed by atoms with Crippen LogP contribution in [0.3, 0.4) is 0 Å². The first kappa shape index (κ1) is 17.2. The maximum atomic E-state index is 13.3. The highest BCUT2D eigenvalue weighted by Crippen LogP contribution is 2.40. The second-order valence-corrected chi connectivity index (χ2v) is 8.22. The predicted octanol–water partition coefficient (Wildman–Crippen LogP) is 4.34. The third kappa shape index (κ3) is 3.33. The highest BCUT2D eigenvalue weighted by Gasteiger charge is 2.28. The van der Waals surface area contributed by atoms with Gasteiger partial charge in [-0.1, -0.05) is 12.1 Å². The van der Waals surface area contributed by atoms with Crippen LogP contribution in [0.2, 0.25) is 0 Å². The number of carbonyl (C=O) groups is 1. The molecule has 142 valence electrons. The van der Waals surface area contributed by atoms with Crippen LogP contribution in [0.25, 0.3) is 10.2 Å². The highest BCUT2D eigenvalue weighted by atomic mass is 32.1. The number of hydrogen-bond donors (Lipinski definition) is 0. The number of aromatic nitrogens is 3. The molecule has 1 fully saturated rings. The zero-order valence-electron chi connectivity index (χ0n) is 15.5. The van der Waals surface area contributed by atoms with Crippen molar-refractivity contribution in [2.24, 2.45) is 7.05 Å². The van der Waals surface area contributed by atoms with Gasteiger partial charge in [0.25, 0.3) is 5.91 Å². The Morgan fingerprint density at radius 2 is 2.11 bits per heavy atom. The fourth-order valence-corrected chi connectivity index (χ4v) is 4.40. The molecule has 28 heavy (non-hydrogen) atoms. The first-order valence-corrected chi connectivity index (χ1v) is 10.2. The van der Waals surface area contributed by atoms with Gasteiger partial charge < -0.3 is 9.32 Å². The number of amides is 1. The number of fused-ring (bicyclic) bond motifs is 1. The normalized spacial score (nSPS) is 13.9. The number of carbonyl (C=O) groups excluding carboxylic acids is 1. The summed E-state index contributed by atoms with van der Waals surface area (Å²) in [6.45, 7) is 0.813. The highest BCUT2D eigenvalue weighted by molar-refractivity contribution is 7.20. The smallest absolute Gasteiger partial charge is 0.283 e. The Kier molecular flexibility index (Phi) is 4.24. The van der Waals surface area contributed by atoms with E-state index in [2.05, 4.69) is 16.1 Å². The lowest BCUT2D eigenvalue weighted by atomic mass is 10.2.